The van der Waals surface area contributed by atoms with Gasteiger partial charge in [-0.25, -0.2) is 0 Å². The number of benzene rings is 4. The van der Waals surface area contributed by atoms with Crippen LogP contribution in [0.1, 0.15) is 47.9 Å². The Morgan fingerprint density at radius 3 is 1.21 bits per heavy atom. The average Bonchev–Trinajstić information content (AvgIpc) is 3.36. The van der Waals surface area contributed by atoms with Crippen molar-refractivity contribution in [2.45, 2.75) is 45.5 Å². The number of nitrogens with one attached hydrogen (secondary N) is 3. The van der Waals surface area contributed by atoms with Crippen molar-refractivity contribution in [1.82, 2.24) is 10.6 Å². The Balaban J connectivity index is -0.000000911. The van der Waals surface area contributed by atoms with E-state index in [0.29, 0.717) is 31.1 Å². The summed E-state index contributed by atoms with van der Waals surface area (Å²) in [6.07, 6.45) is 1.75. The van der Waals surface area contributed by atoms with Crippen LogP contribution < -0.4 is 31.1 Å². The van der Waals surface area contributed by atoms with Gasteiger partial charge >= 0.3 is 13.0 Å². The van der Waals surface area contributed by atoms with E-state index in [1.807, 2.05) is 6.79 Å². The molecule has 0 aromatic heterocycles. The summed E-state index contributed by atoms with van der Waals surface area (Å²) in [5, 5.41) is 97.4. The van der Waals surface area contributed by atoms with Crippen molar-refractivity contribution >= 4 is 134 Å². The number of ketones is 2. The summed E-state index contributed by atoms with van der Waals surface area (Å²) in [7, 11) is 11.9. The summed E-state index contributed by atoms with van der Waals surface area (Å²) < 4.78 is 10.0. The molecule has 71 heavy (non-hydrogen) atoms. The van der Waals surface area contributed by atoms with Crippen LogP contribution in [0.25, 0.3) is 0 Å². The maximum absolute atomic E-state index is 11.5. The molecule has 0 bridgehead atoms. The molecule has 4 rings (SSSR count). The predicted molar refractivity (Wildman–Crippen MR) is 265 cm³/mol. The molecule has 0 spiro atoms. The Hall–Kier alpha value is -6.42. The van der Waals surface area contributed by atoms with E-state index in [-0.39, 0.29) is 29.2 Å². The Labute approximate surface area is 432 Å². The van der Waals surface area contributed by atoms with Crippen LogP contribution in [0, 0.1) is 45.8 Å². The first-order valence-electron chi connectivity index (χ1n) is 19.6. The van der Waals surface area contributed by atoms with Crippen LogP contribution in [0.4, 0.5) is 22.7 Å². The number of nitro benzene ring substituents is 4. The third-order valence-corrected chi connectivity index (χ3v) is 13.8. The number of carbonyl (C=O) groups excluding carboxylic acids is 6. The fraction of sp³-hybridized carbons (Fsp3) is 0.231. The van der Waals surface area contributed by atoms with E-state index in [1.54, 1.807) is 27.3 Å². The molecule has 1 radical (unpaired) electrons. The molecule has 0 fully saturated rings. The standard InChI is InChI=1S/C13H8N2O7S2.C12H14N2O5S2.C8H7NO4S.C5H11NOS.CH2O.BHN.H2/c16-12-6-8(2-4-11(12)15(21)22)24-23-7-1-3-10(14(19)20)9(5-7)13(17)18;1-7(15)10(13-2)6-20-21-8-3-4-11(14(18)19)9(5-8)12(16)17;1-14-5-2-3-7(9(12)13)6(4-5)8(10)11;1-4(7)5(3-8)6-2;2*1-2;/h1-6,16H,(H,17,18);3-5,10,13H,6H2,1-2H3,(H,16,17);2-4H,1H3,(H,10,11);5-6,8H,3H2,1-2H3;1H2;2H;1H/p-4/i;;;;;;1+2D. The van der Waals surface area contributed by atoms with Crippen LogP contribution in [-0.4, -0.2) is 108 Å². The summed E-state index contributed by atoms with van der Waals surface area (Å²) in [6.45, 7) is 5.03. The van der Waals surface area contributed by atoms with Crippen molar-refractivity contribution in [3.8, 4) is 5.75 Å². The third-order valence-electron chi connectivity index (χ3n) is 8.00. The molecular weight excluding hydrogens is 1060 g/mol. The van der Waals surface area contributed by atoms with E-state index >= 15 is 0 Å². The van der Waals surface area contributed by atoms with Crippen LogP contribution in [0.5, 0.6) is 5.75 Å². The molecule has 25 nitrogen and oxygen atoms in total. The molecular formula is C39H41BN7O18S6-4. The van der Waals surface area contributed by atoms with Gasteiger partial charge in [0.15, 0.2) is 0 Å². The number of hydrogen-bond donors (Lipinski definition) is 4. The zero-order valence-corrected chi connectivity index (χ0v) is 42.4. The Morgan fingerprint density at radius 1 is 0.634 bits per heavy atom. The minimum atomic E-state index is -1.67. The van der Waals surface area contributed by atoms with E-state index in [2.05, 4.69) is 30.9 Å². The summed E-state index contributed by atoms with van der Waals surface area (Å²) in [5.41, 5.74) is -3.47. The van der Waals surface area contributed by atoms with Crippen molar-refractivity contribution in [2.75, 3.05) is 31.9 Å². The number of hydrogen-bond acceptors (Lipinski definition) is 27. The topological polar surface area (TPSA) is 415 Å². The Kier molecular flexibility index (Phi) is 32.4. The number of likely N-dealkylation sites (N-methyl/N-ethyl adjacent to an activating group) is 2. The summed E-state index contributed by atoms with van der Waals surface area (Å²) in [5.74, 6) is -4.33. The zero-order chi connectivity index (χ0) is 57.1. The molecule has 32 heteroatoms. The molecule has 0 aliphatic heterocycles. The van der Waals surface area contributed by atoms with Gasteiger partial charge in [-0.2, -0.15) is 12.6 Å². The molecule has 3 N–H and O–H groups in total. The normalized spacial score (nSPS) is 10.7. The van der Waals surface area contributed by atoms with E-state index in [0.717, 1.165) is 58.0 Å². The summed E-state index contributed by atoms with van der Waals surface area (Å²) >= 11 is 5.26. The number of aromatic carboxylic acids is 3. The molecule has 2 unspecified atom stereocenters. The third kappa shape index (κ3) is 23.8. The van der Waals surface area contributed by atoms with E-state index in [9.17, 15) is 84.9 Å². The van der Waals surface area contributed by atoms with Crippen LogP contribution in [0.15, 0.2) is 92.4 Å². The number of nitrogens with zero attached hydrogens (tertiary/aromatic N) is 4. The molecule has 0 saturated carbocycles. The average molecular weight is 1100 g/mol. The fourth-order valence-corrected chi connectivity index (χ4v) is 9.74. The molecule has 0 amide bonds. The van der Waals surface area contributed by atoms with Crippen LogP contribution in [0.2, 0.25) is 0 Å². The van der Waals surface area contributed by atoms with Crippen molar-refractivity contribution in [1.29, 1.82) is 5.31 Å². The van der Waals surface area contributed by atoms with E-state index in [1.165, 1.54) is 76.7 Å². The van der Waals surface area contributed by atoms with Crippen molar-refractivity contribution in [3.63, 3.8) is 0 Å². The molecule has 0 saturated heterocycles. The molecule has 383 valence electrons. The monoisotopic (exact) mass is 1100 g/mol. The number of rotatable bonds is 20. The van der Waals surface area contributed by atoms with Gasteiger partial charge in [0, 0.05) is 58.3 Å². The first-order valence-corrected chi connectivity index (χ1v) is 24.9. The van der Waals surface area contributed by atoms with Gasteiger partial charge in [0.1, 0.15) is 18.4 Å². The van der Waals surface area contributed by atoms with Gasteiger partial charge in [0.2, 0.25) is 0 Å². The molecule has 4 aromatic carbocycles. The first-order chi connectivity index (χ1) is 34.4. The molecule has 0 aliphatic rings. The quantitative estimate of drug-likeness (QED) is 0.0246. The van der Waals surface area contributed by atoms with Crippen molar-refractivity contribution < 1.29 is 71.9 Å². The second-order valence-corrected chi connectivity index (χ2v) is 18.3. The molecule has 0 heterocycles. The zero-order valence-electron chi connectivity index (χ0n) is 39.4. The number of thiol groups is 1. The second kappa shape index (κ2) is 35.6. The number of thioether (sulfide) groups is 1. The first kappa shape index (κ1) is 64.6. The maximum atomic E-state index is 11.5. The number of carboxylic acid groups (broad SMARTS) is 3. The molecule has 0 aliphatic carbocycles. The van der Waals surface area contributed by atoms with Gasteiger partial charge in [0.05, 0.1) is 66.4 Å². The van der Waals surface area contributed by atoms with Crippen LogP contribution >= 0.6 is 67.6 Å². The van der Waals surface area contributed by atoms with E-state index in [4.69, 9.17) is 13.1 Å². The van der Waals surface area contributed by atoms with Gasteiger partial charge in [0.25, 0.3) is 22.7 Å². The van der Waals surface area contributed by atoms with Crippen molar-refractivity contribution in [3.05, 3.63) is 130 Å². The van der Waals surface area contributed by atoms with Gasteiger partial charge in [-0.1, -0.05) is 43.2 Å². The number of nitro groups is 4. The van der Waals surface area contributed by atoms with Gasteiger partial charge in [-0.05, 0) is 88.5 Å². The van der Waals surface area contributed by atoms with Gasteiger partial charge in [-0.3, -0.25) is 50.0 Å². The number of carboxylic acids is 3. The van der Waals surface area contributed by atoms with Gasteiger partial charge in [-0.15, -0.1) is 11.8 Å². The molecule has 2 atom stereocenters. The Morgan fingerprint density at radius 2 is 0.944 bits per heavy atom. The molecule has 4 aromatic rings. The predicted octanol–water partition coefficient (Wildman–Crippen LogP) is 3.37. The second-order valence-electron chi connectivity index (χ2n) is 12.4. The SMILES string of the molecule is C=O.CNC(CS)C(C)=O.CNC(CSSc1ccc([N+](=O)[O-])c(C(=O)[O-])c1)C(C)=O.CSc1ccc([N+](=O)[O-])c(C(=O)[O-])c1.O=C([O-])c1cc(SSc2ccc([N+](=O)[O-])c([O-])c2)ccc1[N+](=O)[O-].[2H][3H].[B]=N. The van der Waals surface area contributed by atoms with Gasteiger partial charge < -0.3 is 50.2 Å². The van der Waals surface area contributed by atoms with Crippen molar-refractivity contribution in [2.24, 2.45) is 0 Å². The van der Waals surface area contributed by atoms with Crippen LogP contribution in [-0.2, 0) is 14.4 Å². The van der Waals surface area contributed by atoms with E-state index < -0.39 is 77.2 Å². The number of carbonyl (C=O) groups is 6. The number of Topliss-reactive ketones (excluding diaryl/α,β-unsaturated/α-hetero) is 2. The fourth-order valence-electron chi connectivity index (χ4n) is 4.53. The Bertz CT molecular complexity index is 2540. The summed E-state index contributed by atoms with van der Waals surface area (Å²) in [4.78, 5) is 104. The minimum absolute atomic E-state index is 0.00437. The summed E-state index contributed by atoms with van der Waals surface area (Å²) in [6, 6.07) is 14.4. The van der Waals surface area contributed by atoms with Crippen LogP contribution in [0.3, 0.4) is 0 Å².